The zero-order valence-electron chi connectivity index (χ0n) is 13.9. The van der Waals surface area contributed by atoms with Gasteiger partial charge in [-0.2, -0.15) is 0 Å². The Morgan fingerprint density at radius 2 is 2.13 bits per heavy atom. The molecule has 0 bridgehead atoms. The first kappa shape index (κ1) is 16.6. The van der Waals surface area contributed by atoms with Gasteiger partial charge in [0.15, 0.2) is 0 Å². The van der Waals surface area contributed by atoms with Crippen LogP contribution in [0.3, 0.4) is 0 Å². The van der Waals surface area contributed by atoms with Crippen molar-refractivity contribution in [1.29, 1.82) is 0 Å². The van der Waals surface area contributed by atoms with Crippen LogP contribution in [-0.2, 0) is 13.6 Å². The largest absolute Gasteiger partial charge is 0.385 e. The molecule has 1 saturated heterocycles. The lowest BCUT2D eigenvalue weighted by atomic mass is 9.91. The predicted octanol–water partition coefficient (Wildman–Crippen LogP) is 3.09. The van der Waals surface area contributed by atoms with Gasteiger partial charge in [0.1, 0.15) is 11.9 Å². The second-order valence-electron chi connectivity index (χ2n) is 6.33. The van der Waals surface area contributed by atoms with Crippen molar-refractivity contribution in [3.05, 3.63) is 48.0 Å². The van der Waals surface area contributed by atoms with Crippen LogP contribution in [0, 0.1) is 5.92 Å². The maximum absolute atomic E-state index is 10.7. The van der Waals surface area contributed by atoms with Crippen LogP contribution in [0.4, 0.5) is 0 Å². The van der Waals surface area contributed by atoms with E-state index in [2.05, 4.69) is 40.4 Å². The van der Waals surface area contributed by atoms with Gasteiger partial charge in [-0.05, 0) is 43.3 Å². The van der Waals surface area contributed by atoms with E-state index in [1.807, 2.05) is 17.8 Å². The third kappa shape index (κ3) is 3.97. The van der Waals surface area contributed by atoms with E-state index in [-0.39, 0.29) is 5.92 Å². The Morgan fingerprint density at radius 3 is 2.78 bits per heavy atom. The molecule has 3 rings (SSSR count). The fourth-order valence-corrected chi connectivity index (χ4v) is 3.76. The Balaban J connectivity index is 1.62. The van der Waals surface area contributed by atoms with Crippen molar-refractivity contribution >= 4 is 11.8 Å². The van der Waals surface area contributed by atoms with Gasteiger partial charge in [-0.3, -0.25) is 4.90 Å². The fraction of sp³-hybridized carbons (Fsp3) is 0.500. The Bertz CT molecular complexity index is 625. The van der Waals surface area contributed by atoms with Gasteiger partial charge in [0.25, 0.3) is 0 Å². The van der Waals surface area contributed by atoms with Crippen molar-refractivity contribution in [3.63, 3.8) is 0 Å². The monoisotopic (exact) mass is 331 g/mol. The molecule has 1 N–H and O–H groups in total. The Labute approximate surface area is 142 Å². The molecular formula is C18H25N3OS. The highest BCUT2D eigenvalue weighted by atomic mass is 32.2. The molecule has 0 spiro atoms. The van der Waals surface area contributed by atoms with Gasteiger partial charge in [-0.15, -0.1) is 11.8 Å². The van der Waals surface area contributed by atoms with Crippen LogP contribution in [0.2, 0.25) is 0 Å². The number of likely N-dealkylation sites (tertiary alicyclic amines) is 1. The van der Waals surface area contributed by atoms with E-state index in [1.165, 1.54) is 10.5 Å². The molecule has 1 aromatic heterocycles. The number of piperidine rings is 1. The number of aromatic nitrogens is 2. The number of benzene rings is 1. The lowest BCUT2D eigenvalue weighted by molar-refractivity contribution is 0.0405. The van der Waals surface area contributed by atoms with Crippen LogP contribution in [0.15, 0.2) is 41.6 Å². The summed E-state index contributed by atoms with van der Waals surface area (Å²) in [6, 6.07) is 8.80. The lowest BCUT2D eigenvalue weighted by Gasteiger charge is -2.35. The molecule has 5 heteroatoms. The number of imidazole rings is 1. The molecule has 124 valence electrons. The maximum Gasteiger partial charge on any atom is 0.137 e. The van der Waals surface area contributed by atoms with E-state index in [9.17, 15) is 5.11 Å². The van der Waals surface area contributed by atoms with Crippen molar-refractivity contribution in [2.24, 2.45) is 13.0 Å². The molecular weight excluding hydrogens is 306 g/mol. The first-order chi connectivity index (χ1) is 11.2. The van der Waals surface area contributed by atoms with E-state index in [1.54, 1.807) is 18.0 Å². The standard InChI is InChI=1S/C18H25N3OS/c1-20-11-9-19-18(20)17(22)15-4-3-10-21(13-15)12-14-5-7-16(23-2)8-6-14/h5-9,11,15,17,22H,3-4,10,12-13H2,1-2H3. The normalized spacial score (nSPS) is 20.6. The summed E-state index contributed by atoms with van der Waals surface area (Å²) in [6.07, 6.45) is 7.48. The van der Waals surface area contributed by atoms with Crippen molar-refractivity contribution in [2.75, 3.05) is 19.3 Å². The van der Waals surface area contributed by atoms with E-state index >= 15 is 0 Å². The van der Waals surface area contributed by atoms with Gasteiger partial charge in [-0.25, -0.2) is 4.98 Å². The summed E-state index contributed by atoms with van der Waals surface area (Å²) in [7, 11) is 1.94. The summed E-state index contributed by atoms with van der Waals surface area (Å²) < 4.78 is 1.92. The number of aliphatic hydroxyl groups excluding tert-OH is 1. The van der Waals surface area contributed by atoms with Crippen LogP contribution in [0.25, 0.3) is 0 Å². The molecule has 0 saturated carbocycles. The van der Waals surface area contributed by atoms with E-state index in [0.29, 0.717) is 0 Å². The van der Waals surface area contributed by atoms with E-state index in [0.717, 1.165) is 38.3 Å². The fourth-order valence-electron chi connectivity index (χ4n) is 3.35. The number of aryl methyl sites for hydroxylation is 1. The quantitative estimate of drug-likeness (QED) is 0.855. The summed E-state index contributed by atoms with van der Waals surface area (Å²) in [6.45, 7) is 2.99. The van der Waals surface area contributed by atoms with Crippen molar-refractivity contribution < 1.29 is 5.11 Å². The van der Waals surface area contributed by atoms with Gasteiger partial charge in [0.05, 0.1) is 0 Å². The highest BCUT2D eigenvalue weighted by Gasteiger charge is 2.29. The molecule has 0 aliphatic carbocycles. The molecule has 4 nitrogen and oxygen atoms in total. The zero-order chi connectivity index (χ0) is 16.2. The first-order valence-electron chi connectivity index (χ1n) is 8.18. The molecule has 2 unspecified atom stereocenters. The second kappa shape index (κ2) is 7.51. The molecule has 1 aliphatic heterocycles. The molecule has 0 amide bonds. The van der Waals surface area contributed by atoms with E-state index < -0.39 is 6.10 Å². The van der Waals surface area contributed by atoms with Crippen molar-refractivity contribution in [1.82, 2.24) is 14.5 Å². The Hall–Kier alpha value is -1.30. The lowest BCUT2D eigenvalue weighted by Crippen LogP contribution is -2.37. The van der Waals surface area contributed by atoms with Gasteiger partial charge < -0.3 is 9.67 Å². The van der Waals surface area contributed by atoms with Crippen LogP contribution < -0.4 is 0 Å². The van der Waals surface area contributed by atoms with Crippen LogP contribution in [0.1, 0.15) is 30.3 Å². The first-order valence-corrected chi connectivity index (χ1v) is 9.40. The maximum atomic E-state index is 10.7. The molecule has 2 aromatic rings. The minimum atomic E-state index is -0.475. The van der Waals surface area contributed by atoms with Crippen molar-refractivity contribution in [3.8, 4) is 0 Å². The van der Waals surface area contributed by atoms with Gasteiger partial charge >= 0.3 is 0 Å². The molecule has 1 fully saturated rings. The highest BCUT2D eigenvalue weighted by Crippen LogP contribution is 2.29. The van der Waals surface area contributed by atoms with Gasteiger partial charge in [-0.1, -0.05) is 12.1 Å². The zero-order valence-corrected chi connectivity index (χ0v) is 14.7. The predicted molar refractivity (Wildman–Crippen MR) is 94.4 cm³/mol. The number of thioether (sulfide) groups is 1. The summed E-state index contributed by atoms with van der Waals surface area (Å²) >= 11 is 1.77. The van der Waals surface area contributed by atoms with Crippen LogP contribution in [0.5, 0.6) is 0 Å². The number of aliphatic hydroxyl groups is 1. The van der Waals surface area contributed by atoms with Crippen molar-refractivity contribution in [2.45, 2.75) is 30.4 Å². The topological polar surface area (TPSA) is 41.3 Å². The minimum absolute atomic E-state index is 0.260. The average Bonchev–Trinajstić information content (AvgIpc) is 3.01. The van der Waals surface area contributed by atoms with Crippen LogP contribution >= 0.6 is 11.8 Å². The average molecular weight is 331 g/mol. The summed E-state index contributed by atoms with van der Waals surface area (Å²) in [5, 5.41) is 10.7. The number of hydrogen-bond acceptors (Lipinski definition) is 4. The third-order valence-electron chi connectivity index (χ3n) is 4.68. The number of nitrogens with zero attached hydrogens (tertiary/aromatic N) is 3. The Morgan fingerprint density at radius 1 is 1.35 bits per heavy atom. The minimum Gasteiger partial charge on any atom is -0.385 e. The molecule has 1 aliphatic rings. The third-order valence-corrected chi connectivity index (χ3v) is 5.42. The summed E-state index contributed by atoms with van der Waals surface area (Å²) in [4.78, 5) is 8.07. The van der Waals surface area contributed by atoms with Gasteiger partial charge in [0.2, 0.25) is 0 Å². The number of hydrogen-bond donors (Lipinski definition) is 1. The molecule has 1 aromatic carbocycles. The SMILES string of the molecule is CSc1ccc(CN2CCCC(C(O)c3nccn3C)C2)cc1. The smallest absolute Gasteiger partial charge is 0.137 e. The highest BCUT2D eigenvalue weighted by molar-refractivity contribution is 7.98. The molecule has 0 radical (unpaired) electrons. The number of rotatable bonds is 5. The Kier molecular flexibility index (Phi) is 5.41. The molecule has 2 heterocycles. The second-order valence-corrected chi connectivity index (χ2v) is 7.21. The summed E-state index contributed by atoms with van der Waals surface area (Å²) in [5.74, 6) is 1.04. The molecule has 2 atom stereocenters. The van der Waals surface area contributed by atoms with Crippen LogP contribution in [-0.4, -0.2) is 38.9 Å². The van der Waals surface area contributed by atoms with Gasteiger partial charge in [0, 0.05) is 43.3 Å². The summed E-state index contributed by atoms with van der Waals surface area (Å²) in [5.41, 5.74) is 1.34. The van der Waals surface area contributed by atoms with E-state index in [4.69, 9.17) is 0 Å². The molecule has 23 heavy (non-hydrogen) atoms.